The first kappa shape index (κ1) is 15.6. The molecule has 21 heavy (non-hydrogen) atoms. The number of nitrogens with one attached hydrogen (secondary N) is 1. The van der Waals surface area contributed by atoms with Gasteiger partial charge in [0, 0.05) is 5.41 Å². The molecular weight excluding hydrogens is 270 g/mol. The third-order valence-electron chi connectivity index (χ3n) is 3.80. The van der Waals surface area contributed by atoms with Gasteiger partial charge in [0.05, 0.1) is 11.8 Å². The van der Waals surface area contributed by atoms with E-state index in [9.17, 15) is 15.0 Å². The Morgan fingerprint density at radius 2 is 2.00 bits per heavy atom. The number of aromatic hydroxyl groups is 1. The van der Waals surface area contributed by atoms with Crippen LogP contribution in [0.2, 0.25) is 0 Å². The first-order valence-electron chi connectivity index (χ1n) is 7.16. The quantitative estimate of drug-likeness (QED) is 0.748. The molecule has 1 unspecified atom stereocenters. The van der Waals surface area contributed by atoms with Gasteiger partial charge < -0.3 is 14.9 Å². The number of phenols is 1. The second-order valence-corrected chi connectivity index (χ2v) is 6.69. The van der Waals surface area contributed by atoms with Gasteiger partial charge in [0.15, 0.2) is 0 Å². The summed E-state index contributed by atoms with van der Waals surface area (Å²) in [5, 5.41) is 22.3. The molecule has 1 aliphatic rings. The lowest BCUT2D eigenvalue weighted by atomic mass is 9.90. The second-order valence-electron chi connectivity index (χ2n) is 6.69. The summed E-state index contributed by atoms with van der Waals surface area (Å²) >= 11 is 0. The number of phenolic OH excluding ortho intramolecular Hbond substituents is 1. The molecule has 0 spiro atoms. The monoisotopic (exact) mass is 293 g/mol. The zero-order valence-electron chi connectivity index (χ0n) is 12.9. The highest BCUT2D eigenvalue weighted by atomic mass is 16.6. The summed E-state index contributed by atoms with van der Waals surface area (Å²) in [7, 11) is 0. The van der Waals surface area contributed by atoms with Gasteiger partial charge in [0.1, 0.15) is 11.4 Å². The van der Waals surface area contributed by atoms with E-state index in [0.717, 1.165) is 18.4 Å². The number of carbonyl (C=O) groups excluding carboxylic acids is 1. The Kier molecular flexibility index (Phi) is 3.89. The molecule has 3 N–H and O–H groups in total. The van der Waals surface area contributed by atoms with Crippen molar-refractivity contribution in [3.8, 4) is 5.75 Å². The Bertz CT molecular complexity index is 542. The lowest BCUT2D eigenvalue weighted by Crippen LogP contribution is -2.27. The van der Waals surface area contributed by atoms with Gasteiger partial charge in [-0.3, -0.25) is 5.32 Å². The maximum atomic E-state index is 11.8. The fourth-order valence-electron chi connectivity index (χ4n) is 2.44. The zero-order valence-corrected chi connectivity index (χ0v) is 12.9. The van der Waals surface area contributed by atoms with Crippen molar-refractivity contribution in [1.82, 2.24) is 0 Å². The third kappa shape index (κ3) is 3.47. The average molecular weight is 293 g/mol. The van der Waals surface area contributed by atoms with E-state index in [1.54, 1.807) is 39.8 Å². The third-order valence-corrected chi connectivity index (χ3v) is 3.80. The molecule has 0 heterocycles. The molecule has 1 aliphatic carbocycles. The first-order valence-corrected chi connectivity index (χ1v) is 7.16. The van der Waals surface area contributed by atoms with E-state index in [0.29, 0.717) is 5.69 Å². The van der Waals surface area contributed by atoms with Crippen molar-refractivity contribution >= 4 is 11.8 Å². The molecule has 1 amide bonds. The van der Waals surface area contributed by atoms with Crippen molar-refractivity contribution in [2.24, 2.45) is 0 Å². The van der Waals surface area contributed by atoms with Gasteiger partial charge in [-0.25, -0.2) is 4.79 Å². The topological polar surface area (TPSA) is 78.8 Å². The fourth-order valence-corrected chi connectivity index (χ4v) is 2.44. The second kappa shape index (κ2) is 5.22. The highest BCUT2D eigenvalue weighted by Gasteiger charge is 2.48. The molecule has 1 atom stereocenters. The van der Waals surface area contributed by atoms with Crippen LogP contribution in [0.15, 0.2) is 18.2 Å². The minimum absolute atomic E-state index is 0.0222. The van der Waals surface area contributed by atoms with Gasteiger partial charge in [0.25, 0.3) is 0 Å². The van der Waals surface area contributed by atoms with Gasteiger partial charge in [0.2, 0.25) is 0 Å². The Hall–Kier alpha value is -1.75. The zero-order chi connectivity index (χ0) is 15.8. The summed E-state index contributed by atoms with van der Waals surface area (Å²) in [4.78, 5) is 11.8. The van der Waals surface area contributed by atoms with Gasteiger partial charge in [-0.2, -0.15) is 0 Å². The summed E-state index contributed by atoms with van der Waals surface area (Å²) in [6.07, 6.45) is 0.732. The van der Waals surface area contributed by atoms with E-state index in [4.69, 9.17) is 4.74 Å². The number of carbonyl (C=O) groups is 1. The van der Waals surface area contributed by atoms with Crippen LogP contribution in [0.1, 0.15) is 46.1 Å². The number of ether oxygens (including phenoxy) is 1. The van der Waals surface area contributed by atoms with E-state index < -0.39 is 17.8 Å². The summed E-state index contributed by atoms with van der Waals surface area (Å²) in [5.41, 5.74) is 0.363. The summed E-state index contributed by atoms with van der Waals surface area (Å²) in [5.74, 6) is -0.0222. The predicted molar refractivity (Wildman–Crippen MR) is 80.6 cm³/mol. The molecule has 0 radical (unpaired) electrons. The Balaban J connectivity index is 2.19. The molecule has 0 bridgehead atoms. The number of rotatable bonds is 3. The van der Waals surface area contributed by atoms with Crippen molar-refractivity contribution in [1.29, 1.82) is 0 Å². The molecule has 1 saturated carbocycles. The van der Waals surface area contributed by atoms with Crippen LogP contribution in [0, 0.1) is 0 Å². The lowest BCUT2D eigenvalue weighted by molar-refractivity contribution is 0.0635. The largest absolute Gasteiger partial charge is 0.506 e. The van der Waals surface area contributed by atoms with Crippen LogP contribution in [0.4, 0.5) is 10.5 Å². The number of hydrogen-bond donors (Lipinski definition) is 3. The van der Waals surface area contributed by atoms with Crippen LogP contribution in [-0.4, -0.2) is 28.0 Å². The van der Waals surface area contributed by atoms with Crippen LogP contribution >= 0.6 is 0 Å². The number of aliphatic hydroxyl groups is 1. The van der Waals surface area contributed by atoms with Crippen LogP contribution in [0.3, 0.4) is 0 Å². The minimum Gasteiger partial charge on any atom is -0.506 e. The van der Waals surface area contributed by atoms with E-state index in [-0.39, 0.29) is 11.2 Å². The Morgan fingerprint density at radius 3 is 2.48 bits per heavy atom. The highest BCUT2D eigenvalue weighted by molar-refractivity contribution is 5.87. The number of benzene rings is 1. The number of hydrogen-bond acceptors (Lipinski definition) is 4. The Labute approximate surface area is 124 Å². The molecule has 5 heteroatoms. The Morgan fingerprint density at radius 1 is 1.38 bits per heavy atom. The summed E-state index contributed by atoms with van der Waals surface area (Å²) in [6.45, 7) is 7.08. The number of anilines is 1. The van der Waals surface area contributed by atoms with Crippen LogP contribution < -0.4 is 5.32 Å². The molecular formula is C16H23NO4. The highest BCUT2D eigenvalue weighted by Crippen LogP contribution is 2.51. The van der Waals surface area contributed by atoms with Gasteiger partial charge in [-0.15, -0.1) is 0 Å². The van der Waals surface area contributed by atoms with Crippen molar-refractivity contribution in [3.63, 3.8) is 0 Å². The predicted octanol–water partition coefficient (Wildman–Crippen LogP) is 3.15. The van der Waals surface area contributed by atoms with Gasteiger partial charge in [-0.05, 0) is 58.2 Å². The van der Waals surface area contributed by atoms with E-state index in [2.05, 4.69) is 5.32 Å². The SMILES string of the molecule is CC(O)C1(c2ccc(O)c(NC(=O)OC(C)(C)C)c2)CC1. The molecule has 1 fully saturated rings. The van der Waals surface area contributed by atoms with Gasteiger partial charge in [-0.1, -0.05) is 6.07 Å². The number of aliphatic hydroxyl groups excluding tert-OH is 1. The average Bonchev–Trinajstić information content (AvgIpc) is 3.10. The van der Waals surface area contributed by atoms with Gasteiger partial charge >= 0.3 is 6.09 Å². The molecule has 116 valence electrons. The molecule has 0 saturated heterocycles. The molecule has 2 rings (SSSR count). The molecule has 0 aliphatic heterocycles. The minimum atomic E-state index is -0.614. The smallest absolute Gasteiger partial charge is 0.412 e. The normalized spacial score (nSPS) is 18.0. The maximum absolute atomic E-state index is 11.8. The summed E-state index contributed by atoms with van der Waals surface area (Å²) < 4.78 is 5.17. The fraction of sp³-hybridized carbons (Fsp3) is 0.562. The van der Waals surface area contributed by atoms with Crippen LogP contribution in [-0.2, 0) is 10.2 Å². The van der Waals surface area contributed by atoms with E-state index in [1.807, 2.05) is 0 Å². The van der Waals surface area contributed by atoms with Crippen LogP contribution in [0.5, 0.6) is 5.75 Å². The van der Waals surface area contributed by atoms with Crippen molar-refractivity contribution < 1.29 is 19.7 Å². The van der Waals surface area contributed by atoms with Crippen molar-refractivity contribution in [2.45, 2.75) is 57.7 Å². The molecule has 5 nitrogen and oxygen atoms in total. The van der Waals surface area contributed by atoms with Crippen molar-refractivity contribution in [3.05, 3.63) is 23.8 Å². The van der Waals surface area contributed by atoms with Crippen molar-refractivity contribution in [2.75, 3.05) is 5.32 Å². The van der Waals surface area contributed by atoms with Crippen LogP contribution in [0.25, 0.3) is 0 Å². The molecule has 0 aromatic heterocycles. The number of amides is 1. The summed E-state index contributed by atoms with van der Waals surface area (Å²) in [6, 6.07) is 5.03. The van der Waals surface area contributed by atoms with E-state index >= 15 is 0 Å². The maximum Gasteiger partial charge on any atom is 0.412 e. The lowest BCUT2D eigenvalue weighted by Gasteiger charge is -2.22. The molecule has 1 aromatic rings. The molecule has 1 aromatic carbocycles. The first-order chi connectivity index (χ1) is 9.64. The standard InChI is InChI=1S/C16H23NO4/c1-10(18)16(7-8-16)11-5-6-13(19)12(9-11)17-14(20)21-15(2,3)4/h5-6,9-10,18-19H,7-8H2,1-4H3,(H,17,20). The van der Waals surface area contributed by atoms with E-state index in [1.165, 1.54) is 6.07 Å².